The molecule has 1 fully saturated rings. The third-order valence-corrected chi connectivity index (χ3v) is 5.45. The van der Waals surface area contributed by atoms with E-state index in [0.29, 0.717) is 35.1 Å². The van der Waals surface area contributed by atoms with E-state index in [0.717, 1.165) is 37.3 Å². The number of carbonyl (C=O) groups is 2. The van der Waals surface area contributed by atoms with Gasteiger partial charge in [0.15, 0.2) is 0 Å². The topological polar surface area (TPSA) is 59.1 Å². The van der Waals surface area contributed by atoms with Crippen molar-refractivity contribution in [3.8, 4) is 5.75 Å². The summed E-state index contributed by atoms with van der Waals surface area (Å²) in [5.41, 5.74) is 2.68. The number of carbonyl (C=O) groups excluding carboxylic acids is 2. The Bertz CT molecular complexity index is 907. The van der Waals surface area contributed by atoms with E-state index in [1.165, 1.54) is 7.11 Å². The molecule has 7 heteroatoms. The van der Waals surface area contributed by atoms with Gasteiger partial charge in [0, 0.05) is 18.8 Å². The summed E-state index contributed by atoms with van der Waals surface area (Å²) in [5.74, 6) is 0.214. The van der Waals surface area contributed by atoms with E-state index in [4.69, 9.17) is 21.1 Å². The Balaban J connectivity index is 1.65. The number of nitrogens with zero attached hydrogens (tertiary/aromatic N) is 2. The molecule has 2 aliphatic heterocycles. The van der Waals surface area contributed by atoms with Crippen LogP contribution in [0.25, 0.3) is 0 Å². The van der Waals surface area contributed by atoms with Crippen molar-refractivity contribution in [2.24, 2.45) is 0 Å². The van der Waals surface area contributed by atoms with Crippen LogP contribution in [-0.2, 0) is 4.74 Å². The van der Waals surface area contributed by atoms with E-state index in [-0.39, 0.29) is 11.9 Å². The number of amides is 1. The van der Waals surface area contributed by atoms with E-state index >= 15 is 0 Å². The van der Waals surface area contributed by atoms with Gasteiger partial charge < -0.3 is 19.3 Å². The maximum Gasteiger partial charge on any atom is 0.337 e. The van der Waals surface area contributed by atoms with Crippen LogP contribution in [0.3, 0.4) is 0 Å². The van der Waals surface area contributed by atoms with Crippen LogP contribution >= 0.6 is 11.6 Å². The third-order valence-electron chi connectivity index (χ3n) is 5.14. The van der Waals surface area contributed by atoms with Gasteiger partial charge in [0.25, 0.3) is 5.91 Å². The fourth-order valence-corrected chi connectivity index (χ4v) is 3.89. The molecule has 0 aromatic heterocycles. The van der Waals surface area contributed by atoms with Crippen molar-refractivity contribution in [3.05, 3.63) is 52.5 Å². The van der Waals surface area contributed by atoms with Crippen LogP contribution in [0.2, 0.25) is 5.02 Å². The Labute approximate surface area is 168 Å². The standard InChI is InChI=1S/C21H21ClN2O4/c1-27-21(26)14-4-6-15(7-5-14)24-10-11-28-19-12-16(17(22)13-18(19)24)20(25)23-8-2-3-9-23/h4-7,12-13H,2-3,8-11H2,1H3. The molecule has 1 amide bonds. The molecule has 1 saturated heterocycles. The maximum atomic E-state index is 12.8. The minimum Gasteiger partial charge on any atom is -0.490 e. The van der Waals surface area contributed by atoms with Crippen molar-refractivity contribution in [2.75, 3.05) is 38.3 Å². The maximum absolute atomic E-state index is 12.8. The second kappa shape index (κ2) is 7.72. The Morgan fingerprint density at radius 3 is 2.46 bits per heavy atom. The van der Waals surface area contributed by atoms with E-state index in [9.17, 15) is 9.59 Å². The number of halogens is 1. The van der Waals surface area contributed by atoms with Gasteiger partial charge in [-0.1, -0.05) is 11.6 Å². The lowest BCUT2D eigenvalue weighted by Crippen LogP contribution is -2.30. The quantitative estimate of drug-likeness (QED) is 0.731. The summed E-state index contributed by atoms with van der Waals surface area (Å²) in [4.78, 5) is 28.3. The molecule has 146 valence electrons. The summed E-state index contributed by atoms with van der Waals surface area (Å²) < 4.78 is 10.6. The average Bonchev–Trinajstić information content (AvgIpc) is 3.27. The summed E-state index contributed by atoms with van der Waals surface area (Å²) in [5, 5.41) is 0.414. The molecule has 2 aliphatic rings. The zero-order chi connectivity index (χ0) is 19.7. The van der Waals surface area contributed by atoms with E-state index in [1.54, 1.807) is 24.3 Å². The van der Waals surface area contributed by atoms with Crippen LogP contribution in [-0.4, -0.2) is 50.1 Å². The van der Waals surface area contributed by atoms with Gasteiger partial charge in [-0.2, -0.15) is 0 Å². The van der Waals surface area contributed by atoms with Gasteiger partial charge in [-0.3, -0.25) is 4.79 Å². The highest BCUT2D eigenvalue weighted by Gasteiger charge is 2.27. The van der Waals surface area contributed by atoms with Gasteiger partial charge in [-0.15, -0.1) is 0 Å². The minimum atomic E-state index is -0.373. The highest BCUT2D eigenvalue weighted by Crippen LogP contribution is 2.40. The molecule has 28 heavy (non-hydrogen) atoms. The number of likely N-dealkylation sites (tertiary alicyclic amines) is 1. The first-order valence-corrected chi connectivity index (χ1v) is 9.68. The number of rotatable bonds is 3. The smallest absolute Gasteiger partial charge is 0.337 e. The van der Waals surface area contributed by atoms with E-state index < -0.39 is 0 Å². The van der Waals surface area contributed by atoms with Gasteiger partial charge in [-0.05, 0) is 49.2 Å². The van der Waals surface area contributed by atoms with Crippen LogP contribution in [0.5, 0.6) is 5.75 Å². The second-order valence-corrected chi connectivity index (χ2v) is 7.24. The predicted molar refractivity (Wildman–Crippen MR) is 107 cm³/mol. The first kappa shape index (κ1) is 18.6. The molecule has 0 radical (unpaired) electrons. The molecule has 0 aliphatic carbocycles. The molecule has 2 heterocycles. The molecular weight excluding hydrogens is 380 g/mol. The fraction of sp³-hybridized carbons (Fsp3) is 0.333. The highest BCUT2D eigenvalue weighted by molar-refractivity contribution is 6.34. The van der Waals surface area contributed by atoms with Crippen molar-refractivity contribution in [3.63, 3.8) is 0 Å². The van der Waals surface area contributed by atoms with Crippen LogP contribution in [0.4, 0.5) is 11.4 Å². The van der Waals surface area contributed by atoms with Gasteiger partial charge in [0.2, 0.25) is 0 Å². The molecule has 2 aromatic carbocycles. The zero-order valence-corrected chi connectivity index (χ0v) is 16.4. The minimum absolute atomic E-state index is 0.0477. The van der Waals surface area contributed by atoms with Gasteiger partial charge in [0.1, 0.15) is 12.4 Å². The summed E-state index contributed by atoms with van der Waals surface area (Å²) in [6.07, 6.45) is 2.06. The Morgan fingerprint density at radius 1 is 1.07 bits per heavy atom. The molecule has 0 atom stereocenters. The van der Waals surface area contributed by atoms with Gasteiger partial charge >= 0.3 is 5.97 Å². The van der Waals surface area contributed by atoms with Crippen molar-refractivity contribution >= 4 is 34.9 Å². The van der Waals surface area contributed by atoms with Gasteiger partial charge in [0.05, 0.1) is 35.5 Å². The number of hydrogen-bond acceptors (Lipinski definition) is 5. The Kier molecular flexibility index (Phi) is 5.13. The lowest BCUT2D eigenvalue weighted by molar-refractivity contribution is 0.0600. The summed E-state index contributed by atoms with van der Waals surface area (Å²) >= 11 is 6.48. The Morgan fingerprint density at radius 2 is 1.79 bits per heavy atom. The number of fused-ring (bicyclic) bond motifs is 1. The summed E-state index contributed by atoms with van der Waals surface area (Å²) in [6.45, 7) is 2.67. The molecule has 0 N–H and O–H groups in total. The van der Waals surface area contributed by atoms with E-state index in [1.807, 2.05) is 17.0 Å². The number of esters is 1. The second-order valence-electron chi connectivity index (χ2n) is 6.84. The average molecular weight is 401 g/mol. The molecule has 0 spiro atoms. The number of methoxy groups -OCH3 is 1. The molecule has 0 unspecified atom stereocenters. The largest absolute Gasteiger partial charge is 0.490 e. The Hall–Kier alpha value is -2.73. The lowest BCUT2D eigenvalue weighted by Gasteiger charge is -2.32. The predicted octanol–water partition coefficient (Wildman–Crippen LogP) is 3.89. The van der Waals surface area contributed by atoms with Crippen LogP contribution in [0.15, 0.2) is 36.4 Å². The van der Waals surface area contributed by atoms with Crippen molar-refractivity contribution in [2.45, 2.75) is 12.8 Å². The first-order valence-electron chi connectivity index (χ1n) is 9.30. The van der Waals surface area contributed by atoms with Crippen LogP contribution in [0, 0.1) is 0 Å². The fourth-order valence-electron chi connectivity index (χ4n) is 3.65. The molecule has 2 aromatic rings. The SMILES string of the molecule is COC(=O)c1ccc(N2CCOc3cc(C(=O)N4CCCC4)c(Cl)cc32)cc1. The van der Waals surface area contributed by atoms with Gasteiger partial charge in [-0.25, -0.2) is 4.79 Å². The zero-order valence-electron chi connectivity index (χ0n) is 15.6. The van der Waals surface area contributed by atoms with Crippen molar-refractivity contribution in [1.29, 1.82) is 0 Å². The number of hydrogen-bond donors (Lipinski definition) is 0. The van der Waals surface area contributed by atoms with Crippen molar-refractivity contribution < 1.29 is 19.1 Å². The molecule has 4 rings (SSSR count). The molecule has 6 nitrogen and oxygen atoms in total. The first-order chi connectivity index (χ1) is 13.6. The number of ether oxygens (including phenoxy) is 2. The molecule has 0 saturated carbocycles. The highest BCUT2D eigenvalue weighted by atomic mass is 35.5. The summed E-state index contributed by atoms with van der Waals surface area (Å²) in [7, 11) is 1.36. The molecule has 0 bridgehead atoms. The monoisotopic (exact) mass is 400 g/mol. The summed E-state index contributed by atoms with van der Waals surface area (Å²) in [6, 6.07) is 10.7. The third kappa shape index (κ3) is 3.40. The van der Waals surface area contributed by atoms with E-state index in [2.05, 4.69) is 4.90 Å². The number of anilines is 2. The van der Waals surface area contributed by atoms with Crippen LogP contribution in [0.1, 0.15) is 33.6 Å². The van der Waals surface area contributed by atoms with Crippen molar-refractivity contribution in [1.82, 2.24) is 4.90 Å². The number of benzene rings is 2. The molecular formula is C21H21ClN2O4. The van der Waals surface area contributed by atoms with Crippen LogP contribution < -0.4 is 9.64 Å². The normalized spacial score (nSPS) is 15.8. The lowest BCUT2D eigenvalue weighted by atomic mass is 10.1.